The highest BCUT2D eigenvalue weighted by Crippen LogP contribution is 2.26. The molecule has 0 aliphatic carbocycles. The molecular formula is C22H19N3O. The van der Waals surface area contributed by atoms with Crippen molar-refractivity contribution in [1.82, 2.24) is 14.9 Å². The first-order valence-electron chi connectivity index (χ1n) is 8.58. The van der Waals surface area contributed by atoms with Crippen LogP contribution < -0.4 is 5.32 Å². The van der Waals surface area contributed by atoms with Crippen molar-refractivity contribution in [2.45, 2.75) is 6.54 Å². The minimum Gasteiger partial charge on any atom is -0.355 e. The maximum atomic E-state index is 11.8. The quantitative estimate of drug-likeness (QED) is 0.607. The second-order valence-electron chi connectivity index (χ2n) is 6.15. The van der Waals surface area contributed by atoms with Crippen LogP contribution in [0.1, 0.15) is 15.9 Å². The Morgan fingerprint density at radius 3 is 2.35 bits per heavy atom. The van der Waals surface area contributed by atoms with Gasteiger partial charge in [-0.25, -0.2) is 4.98 Å². The van der Waals surface area contributed by atoms with Crippen molar-refractivity contribution < 1.29 is 4.79 Å². The number of carbonyl (C=O) groups excluding carboxylic acids is 1. The molecule has 0 unspecified atom stereocenters. The number of imidazole rings is 1. The van der Waals surface area contributed by atoms with Gasteiger partial charge in [0.25, 0.3) is 5.91 Å². The molecule has 4 heteroatoms. The summed E-state index contributed by atoms with van der Waals surface area (Å²) >= 11 is 0. The van der Waals surface area contributed by atoms with E-state index in [0.29, 0.717) is 5.56 Å². The van der Waals surface area contributed by atoms with Crippen molar-refractivity contribution in [3.8, 4) is 11.4 Å². The first-order valence-corrected chi connectivity index (χ1v) is 8.58. The predicted molar refractivity (Wildman–Crippen MR) is 104 cm³/mol. The van der Waals surface area contributed by atoms with Crippen LogP contribution in [0.25, 0.3) is 22.4 Å². The number of carbonyl (C=O) groups is 1. The Kier molecular flexibility index (Phi) is 4.23. The Bertz CT molecular complexity index is 1050. The van der Waals surface area contributed by atoms with Gasteiger partial charge in [0.2, 0.25) is 0 Å². The first kappa shape index (κ1) is 16.1. The van der Waals surface area contributed by atoms with Crippen LogP contribution in [0.2, 0.25) is 0 Å². The molecule has 0 radical (unpaired) electrons. The average molecular weight is 341 g/mol. The third-order valence-corrected chi connectivity index (χ3v) is 4.47. The number of hydrogen-bond acceptors (Lipinski definition) is 2. The molecule has 128 valence electrons. The zero-order valence-electron chi connectivity index (χ0n) is 14.5. The summed E-state index contributed by atoms with van der Waals surface area (Å²) in [6, 6.07) is 26.1. The molecule has 1 amide bonds. The molecule has 0 saturated carbocycles. The molecule has 1 aromatic heterocycles. The van der Waals surface area contributed by atoms with E-state index in [-0.39, 0.29) is 5.91 Å². The minimum atomic E-state index is -0.0886. The number of nitrogens with one attached hydrogen (secondary N) is 1. The molecule has 4 rings (SSSR count). The van der Waals surface area contributed by atoms with Gasteiger partial charge in [0.15, 0.2) is 0 Å². The highest BCUT2D eigenvalue weighted by molar-refractivity contribution is 5.94. The predicted octanol–water partition coefficient (Wildman–Crippen LogP) is 4.11. The van der Waals surface area contributed by atoms with Crippen LogP contribution in [0.5, 0.6) is 0 Å². The van der Waals surface area contributed by atoms with E-state index in [2.05, 4.69) is 28.1 Å². The van der Waals surface area contributed by atoms with E-state index in [1.54, 1.807) is 7.05 Å². The Morgan fingerprint density at radius 2 is 1.62 bits per heavy atom. The molecule has 0 bridgehead atoms. The van der Waals surface area contributed by atoms with E-state index in [1.165, 1.54) is 5.56 Å². The zero-order valence-corrected chi connectivity index (χ0v) is 14.5. The number of fused-ring (bicyclic) bond motifs is 1. The summed E-state index contributed by atoms with van der Waals surface area (Å²) in [5.41, 5.74) is 4.92. The maximum Gasteiger partial charge on any atom is 0.251 e. The Balaban J connectivity index is 1.81. The van der Waals surface area contributed by atoms with Gasteiger partial charge in [-0.3, -0.25) is 4.79 Å². The third-order valence-electron chi connectivity index (χ3n) is 4.47. The van der Waals surface area contributed by atoms with Gasteiger partial charge in [-0.05, 0) is 29.8 Å². The molecule has 3 aromatic carbocycles. The highest BCUT2D eigenvalue weighted by atomic mass is 16.1. The lowest BCUT2D eigenvalue weighted by atomic mass is 10.1. The number of rotatable bonds is 4. The standard InChI is InChI=1S/C22H19N3O/c1-23-22(26)18-13-11-17(12-14-18)21-24-19-9-5-6-10-20(19)25(21)15-16-7-3-2-4-8-16/h2-14H,15H2,1H3,(H,23,26). The van der Waals surface area contributed by atoms with Crippen molar-refractivity contribution in [3.05, 3.63) is 90.0 Å². The molecule has 0 aliphatic heterocycles. The average Bonchev–Trinajstić information content (AvgIpc) is 3.07. The van der Waals surface area contributed by atoms with Crippen LogP contribution in [-0.4, -0.2) is 22.5 Å². The van der Waals surface area contributed by atoms with Crippen molar-refractivity contribution in [2.24, 2.45) is 0 Å². The summed E-state index contributed by atoms with van der Waals surface area (Å²) in [7, 11) is 1.63. The molecule has 4 nitrogen and oxygen atoms in total. The van der Waals surface area contributed by atoms with Gasteiger partial charge in [-0.2, -0.15) is 0 Å². The monoisotopic (exact) mass is 341 g/mol. The Morgan fingerprint density at radius 1 is 0.923 bits per heavy atom. The van der Waals surface area contributed by atoms with E-state index >= 15 is 0 Å². The normalized spacial score (nSPS) is 10.8. The fourth-order valence-electron chi connectivity index (χ4n) is 3.14. The third kappa shape index (κ3) is 2.97. The lowest BCUT2D eigenvalue weighted by Crippen LogP contribution is -2.17. The van der Waals surface area contributed by atoms with Crippen molar-refractivity contribution in [2.75, 3.05) is 7.05 Å². The van der Waals surface area contributed by atoms with Gasteiger partial charge in [0, 0.05) is 24.7 Å². The maximum absolute atomic E-state index is 11.8. The molecule has 0 saturated heterocycles. The zero-order chi connectivity index (χ0) is 17.9. The molecule has 26 heavy (non-hydrogen) atoms. The van der Waals surface area contributed by atoms with Crippen LogP contribution in [0.3, 0.4) is 0 Å². The topological polar surface area (TPSA) is 46.9 Å². The fourth-order valence-corrected chi connectivity index (χ4v) is 3.14. The molecule has 0 fully saturated rings. The van der Waals surface area contributed by atoms with Crippen LogP contribution in [-0.2, 0) is 6.54 Å². The number of hydrogen-bond donors (Lipinski definition) is 1. The second-order valence-corrected chi connectivity index (χ2v) is 6.15. The summed E-state index contributed by atoms with van der Waals surface area (Å²) in [4.78, 5) is 16.6. The van der Waals surface area contributed by atoms with Crippen LogP contribution in [0, 0.1) is 0 Å². The van der Waals surface area contributed by atoms with E-state index < -0.39 is 0 Å². The molecule has 1 heterocycles. The molecular weight excluding hydrogens is 322 g/mol. The summed E-state index contributed by atoms with van der Waals surface area (Å²) < 4.78 is 2.22. The summed E-state index contributed by atoms with van der Waals surface area (Å²) in [6.45, 7) is 0.744. The molecule has 0 aliphatic rings. The molecule has 0 atom stereocenters. The lowest BCUT2D eigenvalue weighted by Gasteiger charge is -2.10. The number of aromatic nitrogens is 2. The lowest BCUT2D eigenvalue weighted by molar-refractivity contribution is 0.0963. The van der Waals surface area contributed by atoms with Gasteiger partial charge < -0.3 is 9.88 Å². The van der Waals surface area contributed by atoms with Crippen molar-refractivity contribution in [3.63, 3.8) is 0 Å². The minimum absolute atomic E-state index is 0.0886. The van der Waals surface area contributed by atoms with Crippen molar-refractivity contribution in [1.29, 1.82) is 0 Å². The highest BCUT2D eigenvalue weighted by Gasteiger charge is 2.13. The number of amides is 1. The van der Waals surface area contributed by atoms with E-state index in [0.717, 1.165) is 29.0 Å². The van der Waals surface area contributed by atoms with Gasteiger partial charge in [-0.15, -0.1) is 0 Å². The molecule has 1 N–H and O–H groups in total. The summed E-state index contributed by atoms with van der Waals surface area (Å²) in [6.07, 6.45) is 0. The van der Waals surface area contributed by atoms with E-state index in [1.807, 2.05) is 60.7 Å². The number of nitrogens with zero attached hydrogens (tertiary/aromatic N) is 2. The summed E-state index contributed by atoms with van der Waals surface area (Å²) in [5, 5.41) is 2.65. The first-order chi connectivity index (χ1) is 12.8. The fraction of sp³-hybridized carbons (Fsp3) is 0.0909. The van der Waals surface area contributed by atoms with Gasteiger partial charge in [-0.1, -0.05) is 54.6 Å². The molecule has 0 spiro atoms. The molecule has 4 aromatic rings. The Labute approximate surface area is 152 Å². The van der Waals surface area contributed by atoms with E-state index in [9.17, 15) is 4.79 Å². The Hall–Kier alpha value is -3.40. The van der Waals surface area contributed by atoms with Crippen LogP contribution in [0.4, 0.5) is 0 Å². The van der Waals surface area contributed by atoms with Gasteiger partial charge >= 0.3 is 0 Å². The van der Waals surface area contributed by atoms with E-state index in [4.69, 9.17) is 4.98 Å². The van der Waals surface area contributed by atoms with Crippen LogP contribution >= 0.6 is 0 Å². The largest absolute Gasteiger partial charge is 0.355 e. The van der Waals surface area contributed by atoms with Gasteiger partial charge in [0.05, 0.1) is 11.0 Å². The van der Waals surface area contributed by atoms with Gasteiger partial charge in [0.1, 0.15) is 5.82 Å². The van der Waals surface area contributed by atoms with Crippen LogP contribution in [0.15, 0.2) is 78.9 Å². The smallest absolute Gasteiger partial charge is 0.251 e. The number of para-hydroxylation sites is 2. The SMILES string of the molecule is CNC(=O)c1ccc(-c2nc3ccccc3n2Cc2ccccc2)cc1. The van der Waals surface area contributed by atoms with Crippen molar-refractivity contribution >= 4 is 16.9 Å². The summed E-state index contributed by atoms with van der Waals surface area (Å²) in [5.74, 6) is 0.813. The number of benzene rings is 3. The second kappa shape index (κ2) is 6.84.